The molecule has 0 N–H and O–H groups in total. The van der Waals surface area contributed by atoms with Crippen LogP contribution in [0.4, 0.5) is 0 Å². The zero-order chi connectivity index (χ0) is 24.0. The molecule has 0 saturated heterocycles. The Morgan fingerprint density at radius 2 is 1.76 bits per heavy atom. The largest absolute Gasteiger partial charge is 0.338 e. The van der Waals surface area contributed by atoms with E-state index in [2.05, 4.69) is 0 Å². The highest BCUT2D eigenvalue weighted by atomic mass is 35.5. The summed E-state index contributed by atoms with van der Waals surface area (Å²) in [5.41, 5.74) is 2.32. The molecule has 0 aliphatic rings. The number of halogens is 1. The zero-order valence-electron chi connectivity index (χ0n) is 18.6. The Morgan fingerprint density at radius 3 is 2.45 bits per heavy atom. The number of rotatable bonds is 8. The van der Waals surface area contributed by atoms with Crippen molar-refractivity contribution in [3.8, 4) is 0 Å². The summed E-state index contributed by atoms with van der Waals surface area (Å²) >= 11 is 6.16. The number of hydrogen-bond acceptors (Lipinski definition) is 5. The molecule has 33 heavy (non-hydrogen) atoms. The molecule has 0 amide bonds. The lowest BCUT2D eigenvalue weighted by molar-refractivity contribution is 0.521. The minimum Gasteiger partial charge on any atom is -0.338 e. The Hall–Kier alpha value is -2.40. The predicted octanol–water partition coefficient (Wildman–Crippen LogP) is 3.38. The van der Waals surface area contributed by atoms with Gasteiger partial charge in [-0.3, -0.25) is 0 Å². The summed E-state index contributed by atoms with van der Waals surface area (Å²) in [6.07, 6.45) is 3.29. The first-order valence-electron chi connectivity index (χ1n) is 10.3. The van der Waals surface area contributed by atoms with Crippen molar-refractivity contribution < 1.29 is 16.8 Å². The molecule has 2 aromatic carbocycles. The van der Waals surface area contributed by atoms with Crippen LogP contribution in [0.5, 0.6) is 0 Å². The van der Waals surface area contributed by atoms with Gasteiger partial charge in [-0.2, -0.15) is 0 Å². The molecule has 0 saturated carbocycles. The molecule has 0 unspecified atom stereocenters. The van der Waals surface area contributed by atoms with E-state index in [1.165, 1.54) is 24.7 Å². The number of aromatic nitrogens is 3. The van der Waals surface area contributed by atoms with Crippen molar-refractivity contribution in [2.24, 2.45) is 0 Å². The summed E-state index contributed by atoms with van der Waals surface area (Å²) in [5.74, 6) is 0.757. The van der Waals surface area contributed by atoms with Crippen LogP contribution < -0.4 is 0 Å². The Balaban J connectivity index is 1.81. The molecular formula is C22H25ClN4O4S2. The smallest absolute Gasteiger partial charge is 0.244 e. The van der Waals surface area contributed by atoms with Gasteiger partial charge in [0.15, 0.2) is 0 Å². The van der Waals surface area contributed by atoms with Gasteiger partial charge in [0, 0.05) is 49.0 Å². The first-order chi connectivity index (χ1) is 15.5. The molecule has 0 spiro atoms. The molecule has 4 aromatic rings. The summed E-state index contributed by atoms with van der Waals surface area (Å²) in [6, 6.07) is 12.7. The third kappa shape index (κ3) is 4.79. The molecule has 176 valence electrons. The maximum absolute atomic E-state index is 12.9. The fourth-order valence-corrected chi connectivity index (χ4v) is 5.83. The lowest BCUT2D eigenvalue weighted by Crippen LogP contribution is -2.22. The molecule has 0 atom stereocenters. The fourth-order valence-electron chi connectivity index (χ4n) is 3.91. The Kier molecular flexibility index (Phi) is 6.30. The van der Waals surface area contributed by atoms with Gasteiger partial charge in [0.25, 0.3) is 0 Å². The third-order valence-corrected chi connectivity index (χ3v) is 8.62. The van der Waals surface area contributed by atoms with E-state index < -0.39 is 19.9 Å². The highest BCUT2D eigenvalue weighted by Gasteiger charge is 2.24. The number of para-hydroxylation sites is 1. The molecule has 2 heterocycles. The van der Waals surface area contributed by atoms with Gasteiger partial charge < -0.3 is 9.13 Å². The molecule has 0 fully saturated rings. The van der Waals surface area contributed by atoms with Crippen molar-refractivity contribution in [2.75, 3.05) is 26.1 Å². The van der Waals surface area contributed by atoms with Gasteiger partial charge in [-0.1, -0.05) is 29.8 Å². The summed E-state index contributed by atoms with van der Waals surface area (Å²) in [4.78, 5) is 4.97. The zero-order valence-corrected chi connectivity index (χ0v) is 21.0. The normalized spacial score (nSPS) is 12.9. The predicted molar refractivity (Wildman–Crippen MR) is 131 cm³/mol. The number of benzene rings is 2. The van der Waals surface area contributed by atoms with Crippen molar-refractivity contribution >= 4 is 53.4 Å². The van der Waals surface area contributed by atoms with Crippen molar-refractivity contribution in [2.45, 2.75) is 24.4 Å². The van der Waals surface area contributed by atoms with Gasteiger partial charge in [0.2, 0.25) is 10.0 Å². The van der Waals surface area contributed by atoms with E-state index in [-0.39, 0.29) is 10.6 Å². The number of sulfonamides is 1. The van der Waals surface area contributed by atoms with Crippen LogP contribution in [0, 0.1) is 0 Å². The van der Waals surface area contributed by atoms with E-state index in [1.807, 2.05) is 33.4 Å². The monoisotopic (exact) mass is 508 g/mol. The maximum atomic E-state index is 12.9. The lowest BCUT2D eigenvalue weighted by Gasteiger charge is -2.11. The van der Waals surface area contributed by atoms with Crippen molar-refractivity contribution in [1.82, 2.24) is 18.4 Å². The third-order valence-electron chi connectivity index (χ3n) is 5.51. The average Bonchev–Trinajstić information content (AvgIpc) is 3.26. The van der Waals surface area contributed by atoms with Gasteiger partial charge in [-0.05, 0) is 30.7 Å². The van der Waals surface area contributed by atoms with Crippen LogP contribution in [0.2, 0.25) is 5.02 Å². The van der Waals surface area contributed by atoms with E-state index in [0.717, 1.165) is 11.0 Å². The molecule has 11 heteroatoms. The average molecular weight is 509 g/mol. The molecule has 0 aliphatic carbocycles. The van der Waals surface area contributed by atoms with E-state index >= 15 is 0 Å². The van der Waals surface area contributed by atoms with Gasteiger partial charge in [0.05, 0.1) is 23.3 Å². The van der Waals surface area contributed by atoms with E-state index in [4.69, 9.17) is 16.6 Å². The molecular weight excluding hydrogens is 484 g/mol. The second-order valence-corrected chi connectivity index (χ2v) is 13.0. The summed E-state index contributed by atoms with van der Waals surface area (Å²) in [6.45, 7) is 0.775. The summed E-state index contributed by atoms with van der Waals surface area (Å²) in [7, 11) is -3.72. The molecule has 2 aromatic heterocycles. The number of nitrogens with zero attached hydrogens (tertiary/aromatic N) is 4. The minimum absolute atomic E-state index is 0.0668. The quantitative estimate of drug-likeness (QED) is 0.363. The number of imidazole rings is 1. The topological polar surface area (TPSA) is 94.3 Å². The number of fused-ring (bicyclic) bond motifs is 2. The highest BCUT2D eigenvalue weighted by Crippen LogP contribution is 2.29. The van der Waals surface area contributed by atoms with Gasteiger partial charge in [-0.15, -0.1) is 0 Å². The Bertz CT molecular complexity index is 1550. The van der Waals surface area contributed by atoms with Crippen LogP contribution >= 0.6 is 11.6 Å². The number of sulfone groups is 1. The SMILES string of the molecule is CN(C)S(=O)(=O)c1cn(Cc2nc3cc(Cl)ccc3n2CCCS(C)(=O)=O)c2ccccc12. The molecule has 0 bridgehead atoms. The van der Waals surface area contributed by atoms with Crippen LogP contribution in [0.1, 0.15) is 12.2 Å². The van der Waals surface area contributed by atoms with Crippen molar-refractivity contribution in [1.29, 1.82) is 0 Å². The lowest BCUT2D eigenvalue weighted by atomic mass is 10.2. The van der Waals surface area contributed by atoms with Crippen molar-refractivity contribution in [3.63, 3.8) is 0 Å². The van der Waals surface area contributed by atoms with Crippen LogP contribution in [-0.2, 0) is 33.0 Å². The van der Waals surface area contributed by atoms with Crippen LogP contribution in [0.15, 0.2) is 53.6 Å². The van der Waals surface area contributed by atoms with E-state index in [0.29, 0.717) is 41.3 Å². The molecule has 4 rings (SSSR count). The first-order valence-corrected chi connectivity index (χ1v) is 14.2. The molecule has 0 radical (unpaired) electrons. The fraction of sp³-hybridized carbons (Fsp3) is 0.318. The number of aryl methyl sites for hydroxylation is 1. The highest BCUT2D eigenvalue weighted by molar-refractivity contribution is 7.90. The summed E-state index contributed by atoms with van der Waals surface area (Å²) < 4.78 is 54.1. The van der Waals surface area contributed by atoms with Crippen molar-refractivity contribution in [3.05, 3.63) is 59.5 Å². The standard InChI is InChI=1S/C22H25ClN4O4S2/c1-25(2)33(30,31)21-14-26(19-8-5-4-7-17(19)21)15-22-24-18-13-16(23)9-10-20(18)27(22)11-6-12-32(3,28)29/h4-5,7-10,13-14H,6,11-12,15H2,1-3H3. The van der Waals surface area contributed by atoms with E-state index in [9.17, 15) is 16.8 Å². The van der Waals surface area contributed by atoms with E-state index in [1.54, 1.807) is 24.4 Å². The van der Waals surface area contributed by atoms with Crippen LogP contribution in [0.3, 0.4) is 0 Å². The molecule has 0 aliphatic heterocycles. The van der Waals surface area contributed by atoms with Crippen LogP contribution in [0.25, 0.3) is 21.9 Å². The van der Waals surface area contributed by atoms with Crippen LogP contribution in [-0.4, -0.2) is 61.4 Å². The number of hydrogen-bond donors (Lipinski definition) is 0. The van der Waals surface area contributed by atoms with Gasteiger partial charge >= 0.3 is 0 Å². The second-order valence-electron chi connectivity index (χ2n) is 8.22. The van der Waals surface area contributed by atoms with Gasteiger partial charge in [-0.25, -0.2) is 26.1 Å². The Labute approximate surface area is 198 Å². The maximum Gasteiger partial charge on any atom is 0.244 e. The Morgan fingerprint density at radius 1 is 1.03 bits per heavy atom. The second kappa shape index (κ2) is 8.75. The minimum atomic E-state index is -3.64. The van der Waals surface area contributed by atoms with Gasteiger partial charge in [0.1, 0.15) is 20.6 Å². The molecule has 8 nitrogen and oxygen atoms in total. The summed E-state index contributed by atoms with van der Waals surface area (Å²) in [5, 5.41) is 1.19. The first kappa shape index (κ1) is 23.7.